The van der Waals surface area contributed by atoms with E-state index in [9.17, 15) is 4.79 Å². The predicted molar refractivity (Wildman–Crippen MR) is 115 cm³/mol. The van der Waals surface area contributed by atoms with Crippen molar-refractivity contribution >= 4 is 46.0 Å². The Morgan fingerprint density at radius 3 is 2.19 bits per heavy atom. The summed E-state index contributed by atoms with van der Waals surface area (Å²) in [6.07, 6.45) is 1.90. The van der Waals surface area contributed by atoms with E-state index in [2.05, 4.69) is 5.10 Å². The molecule has 4 nitrogen and oxygen atoms in total. The van der Waals surface area contributed by atoms with E-state index in [4.69, 9.17) is 12.2 Å². The second-order valence-corrected chi connectivity index (χ2v) is 7.86. The summed E-state index contributed by atoms with van der Waals surface area (Å²) in [4.78, 5) is 15.1. The number of amides is 1. The number of anilines is 1. The zero-order valence-electron chi connectivity index (χ0n) is 14.9. The van der Waals surface area contributed by atoms with Gasteiger partial charge in [-0.25, -0.2) is 4.68 Å². The summed E-state index contributed by atoms with van der Waals surface area (Å²) in [5.74, 6) is -0.0949. The van der Waals surface area contributed by atoms with E-state index in [-0.39, 0.29) is 5.91 Å². The van der Waals surface area contributed by atoms with Crippen molar-refractivity contribution in [1.82, 2.24) is 9.78 Å². The van der Waals surface area contributed by atoms with Crippen molar-refractivity contribution in [2.75, 3.05) is 4.90 Å². The number of benzene rings is 2. The number of carbonyl (C=O) groups excluding carboxylic acids is 1. The largest absolute Gasteiger partial charge is 0.270 e. The lowest BCUT2D eigenvalue weighted by Crippen LogP contribution is -2.27. The summed E-state index contributed by atoms with van der Waals surface area (Å²) in [6, 6.07) is 19.5. The Bertz CT molecular complexity index is 1060. The molecule has 0 unspecified atom stereocenters. The van der Waals surface area contributed by atoms with Crippen molar-refractivity contribution in [1.29, 1.82) is 0 Å². The highest BCUT2D eigenvalue weighted by Crippen LogP contribution is 2.36. The van der Waals surface area contributed by atoms with Crippen LogP contribution in [-0.4, -0.2) is 20.0 Å². The second kappa shape index (κ2) is 7.13. The zero-order chi connectivity index (χ0) is 19.0. The van der Waals surface area contributed by atoms with Crippen molar-refractivity contribution < 1.29 is 4.79 Å². The molecule has 1 saturated heterocycles. The summed E-state index contributed by atoms with van der Waals surface area (Å²) < 4.78 is 2.45. The molecule has 1 amide bonds. The minimum Gasteiger partial charge on any atom is -0.268 e. The molecule has 27 heavy (non-hydrogen) atoms. The van der Waals surface area contributed by atoms with Gasteiger partial charge in [0.1, 0.15) is 0 Å². The van der Waals surface area contributed by atoms with Gasteiger partial charge in [-0.15, -0.1) is 0 Å². The van der Waals surface area contributed by atoms with Gasteiger partial charge in [-0.3, -0.25) is 9.69 Å². The molecule has 6 heteroatoms. The second-order valence-electron chi connectivity index (χ2n) is 6.18. The van der Waals surface area contributed by atoms with Crippen molar-refractivity contribution in [2.45, 2.75) is 13.8 Å². The molecule has 1 fully saturated rings. The van der Waals surface area contributed by atoms with Crippen molar-refractivity contribution in [3.8, 4) is 5.69 Å². The highest BCUT2D eigenvalue weighted by Gasteiger charge is 2.33. The van der Waals surface area contributed by atoms with Crippen LogP contribution in [0.3, 0.4) is 0 Å². The molecular weight excluding hydrogens is 374 g/mol. The minimum absolute atomic E-state index is 0.0949. The van der Waals surface area contributed by atoms with Gasteiger partial charge in [-0.05, 0) is 44.2 Å². The molecule has 0 bridgehead atoms. The number of carbonyl (C=O) groups is 1. The number of hydrogen-bond acceptors (Lipinski definition) is 4. The maximum Gasteiger partial charge on any atom is 0.270 e. The average Bonchev–Trinajstić information content (AvgIpc) is 3.13. The quantitative estimate of drug-likeness (QED) is 0.470. The van der Waals surface area contributed by atoms with Gasteiger partial charge in [0.2, 0.25) is 0 Å². The smallest absolute Gasteiger partial charge is 0.268 e. The zero-order valence-corrected chi connectivity index (χ0v) is 16.6. The number of rotatable bonds is 3. The number of thioether (sulfide) groups is 1. The Morgan fingerprint density at radius 1 is 0.963 bits per heavy atom. The Labute approximate surface area is 167 Å². The van der Waals surface area contributed by atoms with Crippen LogP contribution in [0.25, 0.3) is 11.8 Å². The van der Waals surface area contributed by atoms with Gasteiger partial charge in [0.05, 0.1) is 22.0 Å². The van der Waals surface area contributed by atoms with E-state index in [1.54, 1.807) is 4.90 Å². The van der Waals surface area contributed by atoms with Crippen LogP contribution >= 0.6 is 24.0 Å². The lowest BCUT2D eigenvalue weighted by Gasteiger charge is -2.13. The number of thiocarbonyl (C=S) groups is 1. The SMILES string of the molecule is Cc1nn(-c2ccccc2)c(C)c1/C=C1\SC(=S)N(c2ccccc2)C1=O. The Morgan fingerprint density at radius 2 is 1.56 bits per heavy atom. The topological polar surface area (TPSA) is 38.1 Å². The summed E-state index contributed by atoms with van der Waals surface area (Å²) in [5.41, 5.74) is 4.60. The molecule has 1 aliphatic heterocycles. The fourth-order valence-electron chi connectivity index (χ4n) is 3.08. The third-order valence-corrected chi connectivity index (χ3v) is 5.73. The van der Waals surface area contributed by atoms with Crippen LogP contribution in [0.2, 0.25) is 0 Å². The molecule has 0 saturated carbocycles. The molecule has 2 aromatic carbocycles. The van der Waals surface area contributed by atoms with Crippen LogP contribution in [0.15, 0.2) is 65.6 Å². The highest BCUT2D eigenvalue weighted by molar-refractivity contribution is 8.27. The van der Waals surface area contributed by atoms with E-state index in [0.717, 1.165) is 28.3 Å². The van der Waals surface area contributed by atoms with Crippen molar-refractivity contribution in [2.24, 2.45) is 0 Å². The van der Waals surface area contributed by atoms with Gasteiger partial charge in [-0.2, -0.15) is 5.10 Å². The number of para-hydroxylation sites is 2. The monoisotopic (exact) mass is 391 g/mol. The molecule has 4 rings (SSSR count). The Kier molecular flexibility index (Phi) is 4.68. The van der Waals surface area contributed by atoms with Crippen molar-refractivity contribution in [3.05, 3.63) is 82.5 Å². The average molecular weight is 392 g/mol. The van der Waals surface area contributed by atoms with Gasteiger partial charge >= 0.3 is 0 Å². The first-order chi connectivity index (χ1) is 13.1. The first-order valence-corrected chi connectivity index (χ1v) is 9.73. The fourth-order valence-corrected chi connectivity index (χ4v) is 4.36. The van der Waals surface area contributed by atoms with E-state index < -0.39 is 0 Å². The molecule has 1 aromatic heterocycles. The van der Waals surface area contributed by atoms with Gasteiger partial charge in [-0.1, -0.05) is 60.4 Å². The molecule has 0 atom stereocenters. The van der Waals surface area contributed by atoms with E-state index in [1.807, 2.05) is 85.3 Å². The summed E-state index contributed by atoms with van der Waals surface area (Å²) in [7, 11) is 0. The lowest BCUT2D eigenvalue weighted by molar-refractivity contribution is -0.113. The van der Waals surface area contributed by atoms with Crippen molar-refractivity contribution in [3.63, 3.8) is 0 Å². The van der Waals surface area contributed by atoms with E-state index in [0.29, 0.717) is 9.23 Å². The van der Waals surface area contributed by atoms with Gasteiger partial charge in [0.15, 0.2) is 4.32 Å². The van der Waals surface area contributed by atoms with Gasteiger partial charge < -0.3 is 0 Å². The van der Waals surface area contributed by atoms with Crippen LogP contribution in [0.4, 0.5) is 5.69 Å². The van der Waals surface area contributed by atoms with Gasteiger partial charge in [0, 0.05) is 11.3 Å². The molecule has 0 aliphatic carbocycles. The number of nitrogens with zero attached hydrogens (tertiary/aromatic N) is 3. The normalized spacial score (nSPS) is 15.8. The molecule has 2 heterocycles. The van der Waals surface area contributed by atoms with Crippen LogP contribution in [0, 0.1) is 13.8 Å². The maximum atomic E-state index is 12.9. The van der Waals surface area contributed by atoms with Gasteiger partial charge in [0.25, 0.3) is 5.91 Å². The molecular formula is C21H17N3OS2. The minimum atomic E-state index is -0.0949. The molecule has 0 radical (unpaired) electrons. The number of aryl methyl sites for hydroxylation is 1. The molecule has 1 aliphatic rings. The molecule has 0 N–H and O–H groups in total. The van der Waals surface area contributed by atoms with E-state index >= 15 is 0 Å². The third-order valence-electron chi connectivity index (χ3n) is 4.43. The fraction of sp³-hybridized carbons (Fsp3) is 0.0952. The maximum absolute atomic E-state index is 12.9. The van der Waals surface area contributed by atoms with Crippen LogP contribution in [0.1, 0.15) is 17.0 Å². The first kappa shape index (κ1) is 17.7. The van der Waals surface area contributed by atoms with Crippen LogP contribution in [0.5, 0.6) is 0 Å². The summed E-state index contributed by atoms with van der Waals surface area (Å²) >= 11 is 6.77. The standard InChI is InChI=1S/C21H17N3OS2/c1-14-18(15(2)24(22-14)17-11-7-4-8-12-17)13-19-20(25)23(21(26)27-19)16-9-5-3-6-10-16/h3-13H,1-2H3/b19-13-. The Balaban J connectivity index is 1.72. The highest BCUT2D eigenvalue weighted by atomic mass is 32.2. The van der Waals surface area contributed by atoms with Crippen LogP contribution < -0.4 is 4.90 Å². The first-order valence-electron chi connectivity index (χ1n) is 8.51. The lowest BCUT2D eigenvalue weighted by atomic mass is 10.1. The number of hydrogen-bond donors (Lipinski definition) is 0. The van der Waals surface area contributed by atoms with Crippen LogP contribution in [-0.2, 0) is 4.79 Å². The molecule has 3 aromatic rings. The summed E-state index contributed by atoms with van der Waals surface area (Å²) in [5, 5.41) is 4.65. The predicted octanol–water partition coefficient (Wildman–Crippen LogP) is 4.89. The van der Waals surface area contributed by atoms with E-state index in [1.165, 1.54) is 11.8 Å². The third kappa shape index (κ3) is 3.22. The molecule has 134 valence electrons. The summed E-state index contributed by atoms with van der Waals surface area (Å²) in [6.45, 7) is 3.97. The number of aromatic nitrogens is 2. The Hall–Kier alpha value is -2.70. The molecule has 0 spiro atoms.